The molecular formula is C20H25FN2O5S. The minimum Gasteiger partial charge on any atom is -0.497 e. The van der Waals surface area contributed by atoms with Crippen molar-refractivity contribution in [3.63, 3.8) is 0 Å². The molecule has 9 heteroatoms. The van der Waals surface area contributed by atoms with Crippen molar-refractivity contribution in [1.82, 2.24) is 9.21 Å². The number of ether oxygens (including phenoxy) is 3. The van der Waals surface area contributed by atoms with Crippen LogP contribution in [0.2, 0.25) is 0 Å². The molecule has 1 saturated heterocycles. The number of halogens is 1. The van der Waals surface area contributed by atoms with Crippen LogP contribution in [0.5, 0.6) is 17.2 Å². The van der Waals surface area contributed by atoms with E-state index in [-0.39, 0.29) is 16.5 Å². The van der Waals surface area contributed by atoms with Crippen molar-refractivity contribution in [2.45, 2.75) is 4.90 Å². The van der Waals surface area contributed by atoms with Crippen LogP contribution in [0.15, 0.2) is 47.4 Å². The Labute approximate surface area is 170 Å². The van der Waals surface area contributed by atoms with Crippen LogP contribution in [0.4, 0.5) is 4.39 Å². The molecule has 0 atom stereocenters. The molecule has 2 aromatic carbocycles. The summed E-state index contributed by atoms with van der Waals surface area (Å²) in [6, 6.07) is 10.7. The van der Waals surface area contributed by atoms with Gasteiger partial charge in [0.15, 0.2) is 0 Å². The average molecular weight is 424 g/mol. The van der Waals surface area contributed by atoms with Gasteiger partial charge in [0, 0.05) is 44.9 Å². The molecule has 1 heterocycles. The van der Waals surface area contributed by atoms with Crippen LogP contribution < -0.4 is 14.2 Å². The lowest BCUT2D eigenvalue weighted by Gasteiger charge is -2.34. The lowest BCUT2D eigenvalue weighted by atomic mass is 10.3. The average Bonchev–Trinajstić information content (AvgIpc) is 2.73. The number of benzene rings is 2. The largest absolute Gasteiger partial charge is 0.497 e. The van der Waals surface area contributed by atoms with E-state index in [1.165, 1.54) is 36.7 Å². The van der Waals surface area contributed by atoms with Crippen LogP contribution in [-0.2, 0) is 10.0 Å². The van der Waals surface area contributed by atoms with Crippen LogP contribution in [0, 0.1) is 5.82 Å². The SMILES string of the molecule is COc1ccc(OC)c(S(=O)(=O)N2CCN(CCOc3cccc(F)c3)CC2)c1. The zero-order chi connectivity index (χ0) is 20.9. The number of nitrogens with zero attached hydrogens (tertiary/aromatic N) is 2. The second-order valence-corrected chi connectivity index (χ2v) is 8.47. The van der Waals surface area contributed by atoms with Gasteiger partial charge in [-0.25, -0.2) is 12.8 Å². The lowest BCUT2D eigenvalue weighted by Crippen LogP contribution is -2.49. The van der Waals surface area contributed by atoms with Crippen molar-refractivity contribution < 1.29 is 27.0 Å². The Morgan fingerprint density at radius 2 is 1.72 bits per heavy atom. The number of rotatable bonds is 8. The van der Waals surface area contributed by atoms with Gasteiger partial charge >= 0.3 is 0 Å². The fourth-order valence-corrected chi connectivity index (χ4v) is 4.76. The molecular weight excluding hydrogens is 399 g/mol. The predicted octanol–water partition coefficient (Wildman–Crippen LogP) is 2.23. The quantitative estimate of drug-likeness (QED) is 0.647. The molecule has 0 bridgehead atoms. The van der Waals surface area contributed by atoms with Gasteiger partial charge in [0.05, 0.1) is 14.2 Å². The lowest BCUT2D eigenvalue weighted by molar-refractivity contribution is 0.158. The molecule has 1 fully saturated rings. The van der Waals surface area contributed by atoms with Crippen molar-refractivity contribution in [3.05, 3.63) is 48.3 Å². The van der Waals surface area contributed by atoms with Crippen molar-refractivity contribution in [2.24, 2.45) is 0 Å². The van der Waals surface area contributed by atoms with Crippen LogP contribution in [0.25, 0.3) is 0 Å². The summed E-state index contributed by atoms with van der Waals surface area (Å²) in [5.41, 5.74) is 0. The first-order chi connectivity index (χ1) is 13.9. The summed E-state index contributed by atoms with van der Waals surface area (Å²) >= 11 is 0. The van der Waals surface area contributed by atoms with E-state index in [0.29, 0.717) is 50.8 Å². The van der Waals surface area contributed by atoms with E-state index in [2.05, 4.69) is 4.90 Å². The van der Waals surface area contributed by atoms with Crippen molar-refractivity contribution >= 4 is 10.0 Å². The topological polar surface area (TPSA) is 68.3 Å². The molecule has 3 rings (SSSR count). The molecule has 2 aromatic rings. The third-order valence-corrected chi connectivity index (χ3v) is 6.71. The third kappa shape index (κ3) is 5.17. The van der Waals surface area contributed by atoms with Crippen LogP contribution >= 0.6 is 0 Å². The van der Waals surface area contributed by atoms with Gasteiger partial charge in [-0.05, 0) is 24.3 Å². The van der Waals surface area contributed by atoms with Crippen LogP contribution in [0.1, 0.15) is 0 Å². The number of piperazine rings is 1. The summed E-state index contributed by atoms with van der Waals surface area (Å²) < 4.78 is 56.8. The summed E-state index contributed by atoms with van der Waals surface area (Å²) in [6.07, 6.45) is 0. The summed E-state index contributed by atoms with van der Waals surface area (Å²) in [4.78, 5) is 2.22. The summed E-state index contributed by atoms with van der Waals surface area (Å²) in [7, 11) is -0.770. The second-order valence-electron chi connectivity index (χ2n) is 6.57. The standard InChI is InChI=1S/C20H25FN2O5S/c1-26-17-6-7-19(27-2)20(15-17)29(24,25)23-10-8-22(9-11-23)12-13-28-18-5-3-4-16(21)14-18/h3-7,14-15H,8-13H2,1-2H3. The Balaban J connectivity index is 1.57. The molecule has 0 N–H and O–H groups in total. The number of hydrogen-bond donors (Lipinski definition) is 0. The highest BCUT2D eigenvalue weighted by molar-refractivity contribution is 7.89. The van der Waals surface area contributed by atoms with Gasteiger partial charge in [0.2, 0.25) is 10.0 Å². The minimum atomic E-state index is -3.70. The van der Waals surface area contributed by atoms with Crippen molar-refractivity contribution in [3.8, 4) is 17.2 Å². The molecule has 1 aliphatic heterocycles. The molecule has 158 valence electrons. The first-order valence-electron chi connectivity index (χ1n) is 9.27. The van der Waals surface area contributed by atoms with Gasteiger partial charge in [-0.3, -0.25) is 4.90 Å². The summed E-state index contributed by atoms with van der Waals surface area (Å²) in [5, 5.41) is 0. The van der Waals surface area contributed by atoms with Crippen molar-refractivity contribution in [1.29, 1.82) is 0 Å². The molecule has 0 amide bonds. The maximum atomic E-state index is 13.2. The van der Waals surface area contributed by atoms with Crippen molar-refractivity contribution in [2.75, 3.05) is 53.6 Å². The Bertz CT molecular complexity index is 930. The Morgan fingerprint density at radius 3 is 2.38 bits per heavy atom. The number of sulfonamides is 1. The highest BCUT2D eigenvalue weighted by atomic mass is 32.2. The molecule has 0 radical (unpaired) electrons. The third-order valence-electron chi connectivity index (χ3n) is 4.79. The van der Waals surface area contributed by atoms with Gasteiger partial charge in [0.1, 0.15) is 34.6 Å². The zero-order valence-electron chi connectivity index (χ0n) is 16.5. The van der Waals surface area contributed by atoms with Gasteiger partial charge in [-0.15, -0.1) is 0 Å². The molecule has 7 nitrogen and oxygen atoms in total. The fraction of sp³-hybridized carbons (Fsp3) is 0.400. The normalized spacial score (nSPS) is 15.8. The predicted molar refractivity (Wildman–Crippen MR) is 107 cm³/mol. The first-order valence-corrected chi connectivity index (χ1v) is 10.7. The minimum absolute atomic E-state index is 0.0993. The van der Waals surface area contributed by atoms with E-state index in [9.17, 15) is 12.8 Å². The Morgan fingerprint density at radius 1 is 0.966 bits per heavy atom. The molecule has 0 unspecified atom stereocenters. The number of hydrogen-bond acceptors (Lipinski definition) is 6. The van der Waals surface area contributed by atoms with E-state index in [4.69, 9.17) is 14.2 Å². The fourth-order valence-electron chi connectivity index (χ4n) is 3.17. The van der Waals surface area contributed by atoms with Crippen LogP contribution in [0.3, 0.4) is 0 Å². The van der Waals surface area contributed by atoms with Gasteiger partial charge in [-0.2, -0.15) is 4.31 Å². The summed E-state index contributed by atoms with van der Waals surface area (Å²) in [5.74, 6) is 0.889. The van der Waals surface area contributed by atoms with Gasteiger partial charge < -0.3 is 14.2 Å². The van der Waals surface area contributed by atoms with E-state index >= 15 is 0 Å². The Kier molecular flexibility index (Phi) is 6.94. The van der Waals surface area contributed by atoms with E-state index in [0.717, 1.165) is 0 Å². The Hall–Kier alpha value is -2.36. The van der Waals surface area contributed by atoms with E-state index < -0.39 is 10.0 Å². The molecule has 29 heavy (non-hydrogen) atoms. The van der Waals surface area contributed by atoms with Gasteiger partial charge in [-0.1, -0.05) is 6.07 Å². The van der Waals surface area contributed by atoms with E-state index in [1.807, 2.05) is 0 Å². The maximum absolute atomic E-state index is 13.2. The maximum Gasteiger partial charge on any atom is 0.246 e. The van der Waals surface area contributed by atoms with Gasteiger partial charge in [0.25, 0.3) is 0 Å². The van der Waals surface area contributed by atoms with E-state index in [1.54, 1.807) is 24.3 Å². The highest BCUT2D eigenvalue weighted by Crippen LogP contribution is 2.31. The summed E-state index contributed by atoms with van der Waals surface area (Å²) in [6.45, 7) is 2.92. The number of methoxy groups -OCH3 is 2. The molecule has 0 aliphatic carbocycles. The monoisotopic (exact) mass is 424 g/mol. The molecule has 0 aromatic heterocycles. The zero-order valence-corrected chi connectivity index (χ0v) is 17.3. The van der Waals surface area contributed by atoms with Crippen LogP contribution in [-0.4, -0.2) is 71.2 Å². The smallest absolute Gasteiger partial charge is 0.246 e. The molecule has 1 aliphatic rings. The second kappa shape index (κ2) is 9.43. The molecule has 0 saturated carbocycles. The highest BCUT2D eigenvalue weighted by Gasteiger charge is 2.31. The first kappa shape index (κ1) is 21.4. The molecule has 0 spiro atoms.